The average Bonchev–Trinajstić information content (AvgIpc) is 2.23. The van der Waals surface area contributed by atoms with E-state index in [4.69, 9.17) is 0 Å². The highest BCUT2D eigenvalue weighted by atomic mass is 16.1. The Morgan fingerprint density at radius 2 is 1.64 bits per heavy atom. The third-order valence-electron chi connectivity index (χ3n) is 3.14. The van der Waals surface area contributed by atoms with Crippen molar-refractivity contribution in [3.8, 4) is 0 Å². The van der Waals surface area contributed by atoms with Gasteiger partial charge in [-0.1, -0.05) is 59.3 Å². The molecule has 0 aromatic carbocycles. The fourth-order valence-corrected chi connectivity index (χ4v) is 2.04. The first-order valence-electron chi connectivity index (χ1n) is 6.17. The summed E-state index contributed by atoms with van der Waals surface area (Å²) in [4.78, 5) is 10.8. The number of carbonyl (C=O) groups excluding carboxylic acids is 1. The normalized spacial score (nSPS) is 13.1. The summed E-state index contributed by atoms with van der Waals surface area (Å²) in [7, 11) is 0. The minimum Gasteiger partial charge on any atom is -0.291 e. The number of hydrogen-bond donors (Lipinski definition) is 0. The quantitative estimate of drug-likeness (QED) is 0.508. The number of hydrogen-bond acceptors (Lipinski definition) is 1. The zero-order chi connectivity index (χ0) is 10.8. The molecule has 0 aromatic rings. The highest BCUT2D eigenvalue weighted by molar-refractivity contribution is 5.54. The lowest BCUT2D eigenvalue weighted by Crippen LogP contribution is -2.14. The van der Waals surface area contributed by atoms with Gasteiger partial charge in [0.2, 0.25) is 6.29 Å². The van der Waals surface area contributed by atoms with Gasteiger partial charge in [0.05, 0.1) is 0 Å². The van der Waals surface area contributed by atoms with Crippen LogP contribution in [0.25, 0.3) is 0 Å². The molecule has 1 unspecified atom stereocenters. The molecule has 0 fully saturated rings. The standard InChI is InChI=1S/C13H25O/c1-4-7-8-9-10-13(11-14)12(5-2)6-3/h12-13H,4-10H2,1-3H3. The van der Waals surface area contributed by atoms with Crippen molar-refractivity contribution in [2.24, 2.45) is 11.8 Å². The Kier molecular flexibility index (Phi) is 9.02. The maximum atomic E-state index is 10.8. The summed E-state index contributed by atoms with van der Waals surface area (Å²) >= 11 is 0. The van der Waals surface area contributed by atoms with Crippen molar-refractivity contribution in [1.82, 2.24) is 0 Å². The summed E-state index contributed by atoms with van der Waals surface area (Å²) in [6.45, 7) is 6.55. The predicted molar refractivity (Wildman–Crippen MR) is 62.0 cm³/mol. The van der Waals surface area contributed by atoms with Crippen molar-refractivity contribution in [1.29, 1.82) is 0 Å². The van der Waals surface area contributed by atoms with Crippen molar-refractivity contribution >= 4 is 6.29 Å². The molecule has 0 spiro atoms. The Labute approximate surface area is 89.3 Å². The van der Waals surface area contributed by atoms with Gasteiger partial charge in [0.15, 0.2) is 0 Å². The average molecular weight is 197 g/mol. The smallest absolute Gasteiger partial charge is 0.202 e. The first-order valence-corrected chi connectivity index (χ1v) is 6.17. The van der Waals surface area contributed by atoms with E-state index in [1.807, 2.05) is 0 Å². The summed E-state index contributed by atoms with van der Waals surface area (Å²) in [6.07, 6.45) is 10.5. The lowest BCUT2D eigenvalue weighted by Gasteiger charge is -2.18. The SMILES string of the molecule is CCCCCCC([C]=O)C(CC)CC. The van der Waals surface area contributed by atoms with E-state index in [0.29, 0.717) is 5.92 Å². The molecule has 0 saturated heterocycles. The molecule has 0 heterocycles. The molecule has 1 atom stereocenters. The Balaban J connectivity index is 3.71. The highest BCUT2D eigenvalue weighted by Gasteiger charge is 2.17. The molecule has 83 valence electrons. The monoisotopic (exact) mass is 197 g/mol. The largest absolute Gasteiger partial charge is 0.291 e. The number of rotatable bonds is 9. The van der Waals surface area contributed by atoms with Crippen LogP contribution in [0, 0.1) is 11.8 Å². The molecule has 0 aliphatic carbocycles. The highest BCUT2D eigenvalue weighted by Crippen LogP contribution is 2.23. The molecule has 0 bridgehead atoms. The minimum atomic E-state index is 0.196. The van der Waals surface area contributed by atoms with Crippen molar-refractivity contribution < 1.29 is 4.79 Å². The Morgan fingerprint density at radius 3 is 2.07 bits per heavy atom. The van der Waals surface area contributed by atoms with Crippen molar-refractivity contribution in [2.45, 2.75) is 65.7 Å². The molecule has 0 amide bonds. The van der Waals surface area contributed by atoms with Gasteiger partial charge in [-0.25, -0.2) is 0 Å². The Morgan fingerprint density at radius 1 is 1.00 bits per heavy atom. The van der Waals surface area contributed by atoms with Crippen LogP contribution in [0.1, 0.15) is 65.7 Å². The van der Waals surface area contributed by atoms with Gasteiger partial charge >= 0.3 is 0 Å². The van der Waals surface area contributed by atoms with Crippen LogP contribution in [0.3, 0.4) is 0 Å². The van der Waals surface area contributed by atoms with Crippen LogP contribution < -0.4 is 0 Å². The molecule has 0 rings (SSSR count). The summed E-state index contributed by atoms with van der Waals surface area (Å²) in [5.41, 5.74) is 0. The predicted octanol–water partition coefficient (Wildman–Crippen LogP) is 4.12. The first-order chi connectivity index (χ1) is 6.79. The van der Waals surface area contributed by atoms with E-state index in [-0.39, 0.29) is 5.92 Å². The van der Waals surface area contributed by atoms with E-state index in [2.05, 4.69) is 27.1 Å². The van der Waals surface area contributed by atoms with E-state index in [0.717, 1.165) is 19.3 Å². The van der Waals surface area contributed by atoms with Gasteiger partial charge in [0.1, 0.15) is 0 Å². The van der Waals surface area contributed by atoms with Gasteiger partial charge in [0, 0.05) is 5.92 Å². The maximum absolute atomic E-state index is 10.8. The van der Waals surface area contributed by atoms with E-state index in [9.17, 15) is 4.79 Å². The molecule has 0 aliphatic heterocycles. The van der Waals surface area contributed by atoms with Crippen LogP contribution in [0.4, 0.5) is 0 Å². The fourth-order valence-electron chi connectivity index (χ4n) is 2.04. The van der Waals surface area contributed by atoms with E-state index in [1.54, 1.807) is 0 Å². The summed E-state index contributed by atoms with van der Waals surface area (Å²) in [5.74, 6) is 0.760. The molecule has 0 saturated carbocycles. The lowest BCUT2D eigenvalue weighted by atomic mass is 9.85. The molecule has 0 aliphatic rings. The van der Waals surface area contributed by atoms with Gasteiger partial charge in [-0.15, -0.1) is 0 Å². The summed E-state index contributed by atoms with van der Waals surface area (Å²) < 4.78 is 0. The zero-order valence-electron chi connectivity index (χ0n) is 10.0. The molecule has 0 N–H and O–H groups in total. The van der Waals surface area contributed by atoms with Crippen LogP contribution in [-0.2, 0) is 4.79 Å². The first kappa shape index (κ1) is 13.7. The molecular formula is C13H25O. The number of unbranched alkanes of at least 4 members (excludes halogenated alkanes) is 3. The topological polar surface area (TPSA) is 17.1 Å². The van der Waals surface area contributed by atoms with Gasteiger partial charge < -0.3 is 0 Å². The molecule has 14 heavy (non-hydrogen) atoms. The Bertz CT molecular complexity index is 127. The van der Waals surface area contributed by atoms with Crippen molar-refractivity contribution in [3.63, 3.8) is 0 Å². The van der Waals surface area contributed by atoms with Gasteiger partial charge in [0.25, 0.3) is 0 Å². The zero-order valence-corrected chi connectivity index (χ0v) is 10.0. The molecular weight excluding hydrogens is 172 g/mol. The van der Waals surface area contributed by atoms with Gasteiger partial charge in [-0.05, 0) is 12.3 Å². The summed E-state index contributed by atoms with van der Waals surface area (Å²) in [5, 5.41) is 0. The van der Waals surface area contributed by atoms with Gasteiger partial charge in [-0.3, -0.25) is 4.79 Å². The second kappa shape index (κ2) is 9.23. The van der Waals surface area contributed by atoms with Crippen LogP contribution in [0.5, 0.6) is 0 Å². The Hall–Kier alpha value is -0.330. The van der Waals surface area contributed by atoms with E-state index in [1.165, 1.54) is 25.7 Å². The van der Waals surface area contributed by atoms with Crippen LogP contribution in [0.15, 0.2) is 0 Å². The summed E-state index contributed by atoms with van der Waals surface area (Å²) in [6, 6.07) is 0. The van der Waals surface area contributed by atoms with Gasteiger partial charge in [-0.2, -0.15) is 0 Å². The second-order valence-electron chi connectivity index (χ2n) is 4.15. The van der Waals surface area contributed by atoms with Crippen molar-refractivity contribution in [2.75, 3.05) is 0 Å². The molecule has 1 radical (unpaired) electrons. The van der Waals surface area contributed by atoms with Crippen LogP contribution in [-0.4, -0.2) is 6.29 Å². The maximum Gasteiger partial charge on any atom is 0.202 e. The third-order valence-corrected chi connectivity index (χ3v) is 3.14. The lowest BCUT2D eigenvalue weighted by molar-refractivity contribution is 0.347. The molecule has 1 heteroatoms. The van der Waals surface area contributed by atoms with Crippen LogP contribution in [0.2, 0.25) is 0 Å². The van der Waals surface area contributed by atoms with Crippen molar-refractivity contribution in [3.05, 3.63) is 0 Å². The second-order valence-corrected chi connectivity index (χ2v) is 4.15. The third kappa shape index (κ3) is 5.41. The molecule has 0 aromatic heterocycles. The van der Waals surface area contributed by atoms with E-state index < -0.39 is 0 Å². The molecule has 1 nitrogen and oxygen atoms in total. The minimum absolute atomic E-state index is 0.196. The van der Waals surface area contributed by atoms with Crippen LogP contribution >= 0.6 is 0 Å². The fraction of sp³-hybridized carbons (Fsp3) is 0.923. The van der Waals surface area contributed by atoms with E-state index >= 15 is 0 Å².